The number of hydrogen-bond acceptors (Lipinski definition) is 6. The summed E-state index contributed by atoms with van der Waals surface area (Å²) in [4.78, 5) is 51.6. The average molecular weight is 589 g/mol. The van der Waals surface area contributed by atoms with Crippen molar-refractivity contribution in [3.8, 4) is 0 Å². The Bertz CT molecular complexity index is 1370. The Hall–Kier alpha value is -4.27. The first kappa shape index (κ1) is 34.9. The van der Waals surface area contributed by atoms with E-state index in [-0.39, 0.29) is 17.9 Å². The lowest BCUT2D eigenvalue weighted by atomic mass is 9.87. The van der Waals surface area contributed by atoms with Crippen molar-refractivity contribution in [2.75, 3.05) is 21.7 Å². The van der Waals surface area contributed by atoms with Gasteiger partial charge in [0.1, 0.15) is 11.4 Å². The SMILES string of the molecule is CC.CC.CC1(C)CN(C=O)c2cc(N3C(=O)N(Cc4ccnc(Nc5cccnc5)c4)C(C)(C)C3=O)ccc21.CCC. The van der Waals surface area contributed by atoms with Gasteiger partial charge in [-0.2, -0.15) is 0 Å². The number of urea groups is 1. The van der Waals surface area contributed by atoms with Crippen LogP contribution in [0.3, 0.4) is 0 Å². The summed E-state index contributed by atoms with van der Waals surface area (Å²) < 4.78 is 0. The Morgan fingerprint density at radius 2 is 1.63 bits per heavy atom. The molecule has 0 unspecified atom stereocenters. The van der Waals surface area contributed by atoms with Crippen LogP contribution in [0.1, 0.15) is 86.8 Å². The van der Waals surface area contributed by atoms with Gasteiger partial charge in [0, 0.05) is 36.6 Å². The van der Waals surface area contributed by atoms with Crippen LogP contribution in [-0.2, 0) is 21.5 Å². The molecule has 2 aliphatic heterocycles. The van der Waals surface area contributed by atoms with E-state index in [4.69, 9.17) is 0 Å². The summed E-state index contributed by atoms with van der Waals surface area (Å²) in [5, 5.41) is 3.20. The van der Waals surface area contributed by atoms with Crippen LogP contribution in [0.15, 0.2) is 61.1 Å². The third-order valence-corrected chi connectivity index (χ3v) is 6.89. The van der Waals surface area contributed by atoms with Gasteiger partial charge in [-0.05, 0) is 61.4 Å². The molecule has 5 rings (SSSR count). The van der Waals surface area contributed by atoms with Crippen LogP contribution >= 0.6 is 0 Å². The third kappa shape index (κ3) is 7.58. The number of nitrogens with one attached hydrogen (secondary N) is 1. The van der Waals surface area contributed by atoms with Gasteiger partial charge in [-0.15, -0.1) is 0 Å². The number of amides is 4. The van der Waals surface area contributed by atoms with E-state index in [1.54, 1.807) is 54.4 Å². The van der Waals surface area contributed by atoms with E-state index in [2.05, 4.69) is 43.0 Å². The first-order valence-electron chi connectivity index (χ1n) is 15.2. The van der Waals surface area contributed by atoms with Crippen LogP contribution in [-0.4, -0.2) is 45.3 Å². The molecule has 1 fully saturated rings. The van der Waals surface area contributed by atoms with Crippen molar-refractivity contribution in [1.82, 2.24) is 14.9 Å². The lowest BCUT2D eigenvalue weighted by molar-refractivity contribution is -0.123. The highest BCUT2D eigenvalue weighted by Crippen LogP contribution is 2.43. The number of anilines is 4. The molecule has 9 heteroatoms. The maximum absolute atomic E-state index is 13.6. The van der Waals surface area contributed by atoms with Crippen LogP contribution in [0, 0.1) is 0 Å². The Kier molecular flexibility index (Phi) is 12.4. The molecule has 1 N–H and O–H groups in total. The minimum atomic E-state index is -1.06. The number of pyridine rings is 2. The second-order valence-electron chi connectivity index (χ2n) is 11.0. The molecular formula is C34H48N6O3. The van der Waals surface area contributed by atoms with Crippen molar-refractivity contribution in [1.29, 1.82) is 0 Å². The van der Waals surface area contributed by atoms with Crippen molar-refractivity contribution in [3.05, 3.63) is 72.2 Å². The van der Waals surface area contributed by atoms with Gasteiger partial charge in [0.15, 0.2) is 0 Å². The lowest BCUT2D eigenvalue weighted by Gasteiger charge is -2.27. The van der Waals surface area contributed by atoms with Crippen molar-refractivity contribution >= 4 is 41.2 Å². The van der Waals surface area contributed by atoms with E-state index >= 15 is 0 Å². The summed E-state index contributed by atoms with van der Waals surface area (Å²) in [6.07, 6.45) is 7.10. The van der Waals surface area contributed by atoms with E-state index in [1.807, 2.05) is 58.0 Å². The molecule has 0 atom stereocenters. The number of aromatic nitrogens is 2. The largest absolute Gasteiger partial charge is 0.339 e. The molecule has 43 heavy (non-hydrogen) atoms. The Morgan fingerprint density at radius 1 is 0.953 bits per heavy atom. The zero-order chi connectivity index (χ0) is 32.4. The van der Waals surface area contributed by atoms with Crippen molar-refractivity contribution in [3.63, 3.8) is 0 Å². The van der Waals surface area contributed by atoms with E-state index in [1.165, 1.54) is 11.3 Å². The quantitative estimate of drug-likeness (QED) is 0.234. The number of imide groups is 1. The second-order valence-corrected chi connectivity index (χ2v) is 11.0. The summed E-state index contributed by atoms with van der Waals surface area (Å²) in [5.41, 5.74) is 2.56. The first-order valence-corrected chi connectivity index (χ1v) is 15.2. The maximum atomic E-state index is 13.6. The monoisotopic (exact) mass is 588 g/mol. The molecule has 2 aliphatic rings. The number of fused-ring (bicyclic) bond motifs is 1. The standard InChI is InChI=1S/C27H28N6O3.C3H8.2C2H6/c1-26(2)16-31(17-34)22-13-20(7-8-21(22)26)33-24(35)27(3,4)32(25(33)36)15-18-9-11-29-23(12-18)30-19-6-5-10-28-14-19;1-3-2;2*1-2/h5-14,17H,15-16H2,1-4H3,(H,29,30);3H2,1-2H3;2*1-2H3. The van der Waals surface area contributed by atoms with E-state index in [9.17, 15) is 14.4 Å². The Morgan fingerprint density at radius 3 is 2.23 bits per heavy atom. The predicted octanol–water partition coefficient (Wildman–Crippen LogP) is 7.69. The molecule has 2 aromatic heterocycles. The topological polar surface area (TPSA) is 98.7 Å². The number of nitrogens with zero attached hydrogens (tertiary/aromatic N) is 5. The number of carbonyl (C=O) groups excluding carboxylic acids is 3. The number of carbonyl (C=O) groups is 3. The van der Waals surface area contributed by atoms with E-state index < -0.39 is 11.6 Å². The molecule has 0 radical (unpaired) electrons. The van der Waals surface area contributed by atoms with Gasteiger partial charge < -0.3 is 15.1 Å². The molecular weight excluding hydrogens is 540 g/mol. The van der Waals surface area contributed by atoms with Gasteiger partial charge in [-0.3, -0.25) is 14.6 Å². The van der Waals surface area contributed by atoms with Crippen molar-refractivity contribution < 1.29 is 14.4 Å². The fraction of sp³-hybridized carbons (Fsp3) is 0.441. The molecule has 1 saturated heterocycles. The second kappa shape index (κ2) is 15.3. The normalized spacial score (nSPS) is 15.7. The van der Waals surface area contributed by atoms with Gasteiger partial charge in [-0.25, -0.2) is 14.7 Å². The molecule has 3 aromatic rings. The molecule has 4 heterocycles. The van der Waals surface area contributed by atoms with Crippen LogP contribution < -0.4 is 15.1 Å². The fourth-order valence-corrected chi connectivity index (χ4v) is 4.90. The van der Waals surface area contributed by atoms with Gasteiger partial charge in [-0.1, -0.05) is 67.9 Å². The van der Waals surface area contributed by atoms with Gasteiger partial charge in [0.2, 0.25) is 6.41 Å². The number of hydrogen-bond donors (Lipinski definition) is 1. The van der Waals surface area contributed by atoms with Crippen molar-refractivity contribution in [2.24, 2.45) is 0 Å². The van der Waals surface area contributed by atoms with E-state index in [0.29, 0.717) is 18.1 Å². The van der Waals surface area contributed by atoms with E-state index in [0.717, 1.165) is 28.9 Å². The highest BCUT2D eigenvalue weighted by Gasteiger charge is 2.52. The number of benzene rings is 1. The smallest absolute Gasteiger partial charge is 0.332 e. The highest BCUT2D eigenvalue weighted by molar-refractivity contribution is 6.23. The minimum Gasteiger partial charge on any atom is -0.339 e. The van der Waals surface area contributed by atoms with Gasteiger partial charge in [0.25, 0.3) is 5.91 Å². The number of rotatable bonds is 6. The first-order chi connectivity index (χ1) is 20.5. The summed E-state index contributed by atoms with van der Waals surface area (Å²) in [7, 11) is 0. The van der Waals surface area contributed by atoms with Crippen LogP contribution in [0.2, 0.25) is 0 Å². The minimum absolute atomic E-state index is 0.206. The maximum Gasteiger partial charge on any atom is 0.332 e. The fourth-order valence-electron chi connectivity index (χ4n) is 4.90. The Balaban J connectivity index is 0.000000853. The third-order valence-electron chi connectivity index (χ3n) is 6.89. The van der Waals surface area contributed by atoms with Gasteiger partial charge in [0.05, 0.1) is 17.6 Å². The molecule has 0 saturated carbocycles. The van der Waals surface area contributed by atoms with Gasteiger partial charge >= 0.3 is 6.03 Å². The molecule has 0 spiro atoms. The van der Waals surface area contributed by atoms with Crippen molar-refractivity contribution in [2.45, 2.75) is 93.2 Å². The lowest BCUT2D eigenvalue weighted by Crippen LogP contribution is -2.43. The summed E-state index contributed by atoms with van der Waals surface area (Å²) >= 11 is 0. The van der Waals surface area contributed by atoms with Crippen LogP contribution in [0.4, 0.5) is 27.7 Å². The zero-order valence-corrected chi connectivity index (χ0v) is 27.4. The molecule has 9 nitrogen and oxygen atoms in total. The highest BCUT2D eigenvalue weighted by atomic mass is 16.2. The molecule has 232 valence electrons. The molecule has 0 aliphatic carbocycles. The zero-order valence-electron chi connectivity index (χ0n) is 27.4. The summed E-state index contributed by atoms with van der Waals surface area (Å²) in [6.45, 7) is 20.7. The summed E-state index contributed by atoms with van der Waals surface area (Å²) in [5.74, 6) is 0.299. The van der Waals surface area contributed by atoms with Crippen LogP contribution in [0.5, 0.6) is 0 Å². The average Bonchev–Trinajstić information content (AvgIpc) is 3.36. The molecule has 4 amide bonds. The predicted molar refractivity (Wildman–Crippen MR) is 176 cm³/mol. The summed E-state index contributed by atoms with van der Waals surface area (Å²) in [6, 6.07) is 12.4. The van der Waals surface area contributed by atoms with Crippen LogP contribution in [0.25, 0.3) is 0 Å². The molecule has 0 bridgehead atoms. The Labute approximate surface area is 257 Å². The molecule has 1 aromatic carbocycles.